The molecule has 1 aliphatic rings. The molecule has 8 nitrogen and oxygen atoms in total. The van der Waals surface area contributed by atoms with E-state index in [2.05, 4.69) is 62.5 Å². The van der Waals surface area contributed by atoms with Gasteiger partial charge in [0.1, 0.15) is 12.6 Å². The Hall–Kier alpha value is -4.24. The number of likely N-dealkylation sites (tertiary alicyclic amines) is 1. The van der Waals surface area contributed by atoms with Crippen LogP contribution in [0.2, 0.25) is 0 Å². The van der Waals surface area contributed by atoms with E-state index in [-0.39, 0.29) is 35.3 Å². The Kier molecular flexibility index (Phi) is 52.3. The summed E-state index contributed by atoms with van der Waals surface area (Å²) in [6.07, 6.45) is 8.12. The maximum Gasteiger partial charge on any atom is 0.267 e. The molecule has 2 aromatic carbocycles. The molecule has 0 saturated carbocycles. The molecule has 1 saturated heterocycles. The standard InChI is InChI=1S/C13H19NO3.C10H16N2O2S.C8H10.C7H8.5C2H6/c1-3-4-13(17)14-8-11(9-15)7-12(14)6-5-10(2)16;1-6(2)9(5-13)12-10(14)8(11)4-7(3)15;1-7-3-5-8(2)6-4-7;1-7-5-3-2-4-6-7;5*1-2/h5-6,9,11-12H,3-4,7-8H2,1-2H3;4-6,9H,11H2,1-3H3,(H,12,14);3-6H,1-2H3;2-6H,1H3;5*1-2H3/b6-5+;8-4-;;;;;;;. The molecule has 0 bridgehead atoms. The highest BCUT2D eigenvalue weighted by Crippen LogP contribution is 2.24. The van der Waals surface area contributed by atoms with Crippen LogP contribution in [0.1, 0.15) is 140 Å². The quantitative estimate of drug-likeness (QED) is 0.139. The summed E-state index contributed by atoms with van der Waals surface area (Å²) in [5.74, 6) is -0.507. The number of aldehydes is 2. The number of nitrogens with zero attached hydrogens (tertiary/aromatic N) is 1. The van der Waals surface area contributed by atoms with E-state index in [0.717, 1.165) is 12.7 Å². The number of carbonyl (C=O) groups is 5. The van der Waals surface area contributed by atoms with Crippen LogP contribution in [-0.4, -0.2) is 58.6 Å². The van der Waals surface area contributed by atoms with Gasteiger partial charge in [0.05, 0.1) is 17.8 Å². The van der Waals surface area contributed by atoms with Gasteiger partial charge in [0.2, 0.25) is 5.91 Å². The summed E-state index contributed by atoms with van der Waals surface area (Å²) in [7, 11) is 0. The molecule has 1 aliphatic heterocycles. The number of rotatable bonds is 10. The van der Waals surface area contributed by atoms with E-state index in [1.54, 1.807) is 17.9 Å². The Morgan fingerprint density at radius 2 is 1.25 bits per heavy atom. The molecule has 0 radical (unpaired) electrons. The molecule has 3 atom stereocenters. The van der Waals surface area contributed by atoms with Crippen LogP contribution in [0.5, 0.6) is 0 Å². The molecular weight excluding hydrogens is 731 g/mol. The van der Waals surface area contributed by atoms with E-state index < -0.39 is 11.9 Å². The van der Waals surface area contributed by atoms with Gasteiger partial charge >= 0.3 is 0 Å². The number of hydrogen-bond acceptors (Lipinski definition) is 7. The van der Waals surface area contributed by atoms with Crippen molar-refractivity contribution >= 4 is 47.3 Å². The number of nitrogens with one attached hydrogen (secondary N) is 1. The van der Waals surface area contributed by atoms with Gasteiger partial charge in [-0.15, -0.1) is 0 Å². The van der Waals surface area contributed by atoms with Gasteiger partial charge < -0.3 is 25.5 Å². The van der Waals surface area contributed by atoms with Gasteiger partial charge in [-0.1, -0.05) is 180 Å². The Morgan fingerprint density at radius 1 is 0.807 bits per heavy atom. The molecule has 57 heavy (non-hydrogen) atoms. The lowest BCUT2D eigenvalue weighted by molar-refractivity contribution is -0.131. The highest BCUT2D eigenvalue weighted by molar-refractivity contribution is 7.80. The zero-order chi connectivity index (χ0) is 45.9. The molecule has 0 aliphatic carbocycles. The van der Waals surface area contributed by atoms with Crippen LogP contribution in [0.4, 0.5) is 0 Å². The molecule has 3 N–H and O–H groups in total. The maximum atomic E-state index is 11.9. The molecular formula is C48H83N3O5S. The summed E-state index contributed by atoms with van der Waals surface area (Å²) >= 11 is 4.78. The smallest absolute Gasteiger partial charge is 0.267 e. The number of thiocarbonyl (C=S) groups is 1. The number of benzene rings is 2. The third-order valence-electron chi connectivity index (χ3n) is 6.85. The van der Waals surface area contributed by atoms with Gasteiger partial charge in [-0.2, -0.15) is 0 Å². The highest BCUT2D eigenvalue weighted by atomic mass is 32.1. The third kappa shape index (κ3) is 38.4. The molecule has 1 heterocycles. The molecule has 3 unspecified atom stereocenters. The monoisotopic (exact) mass is 814 g/mol. The van der Waals surface area contributed by atoms with Crippen molar-refractivity contribution in [1.29, 1.82) is 0 Å². The fraction of sp³-hybridized carbons (Fsp3) is 0.542. The van der Waals surface area contributed by atoms with Crippen LogP contribution < -0.4 is 11.1 Å². The Balaban J connectivity index is -0.000000147. The minimum Gasteiger partial charge on any atom is -0.394 e. The first kappa shape index (κ1) is 64.6. The largest absolute Gasteiger partial charge is 0.394 e. The minimum atomic E-state index is -0.519. The summed E-state index contributed by atoms with van der Waals surface area (Å²) in [6, 6.07) is 18.1. The van der Waals surface area contributed by atoms with E-state index in [1.807, 2.05) is 108 Å². The van der Waals surface area contributed by atoms with Crippen molar-refractivity contribution in [1.82, 2.24) is 10.2 Å². The van der Waals surface area contributed by atoms with Crippen molar-refractivity contribution in [2.45, 2.75) is 156 Å². The van der Waals surface area contributed by atoms with Crippen molar-refractivity contribution in [2.24, 2.45) is 17.6 Å². The molecule has 2 amide bonds. The number of aryl methyl sites for hydroxylation is 3. The second kappa shape index (κ2) is 46.1. The molecule has 0 aromatic heterocycles. The summed E-state index contributed by atoms with van der Waals surface area (Å²) in [4.78, 5) is 57.8. The van der Waals surface area contributed by atoms with Gasteiger partial charge in [-0.3, -0.25) is 14.4 Å². The molecule has 1 fully saturated rings. The zero-order valence-corrected chi connectivity index (χ0v) is 40.0. The SMILES string of the molecule is CC.CC.CC.CC.CC.CC(=S)/C=C(\N)C(=O)NC(C=O)C(C)C.CCCC(=O)N1CC(C=O)CC1/C=C/C(C)=O.Cc1ccc(C)cc1.Cc1ccccc1. The van der Waals surface area contributed by atoms with Gasteiger partial charge in [0, 0.05) is 23.7 Å². The first-order valence-electron chi connectivity index (χ1n) is 20.9. The lowest BCUT2D eigenvalue weighted by atomic mass is 10.1. The maximum absolute atomic E-state index is 11.9. The number of nitrogens with two attached hydrogens (primary N) is 1. The third-order valence-corrected chi connectivity index (χ3v) is 6.97. The van der Waals surface area contributed by atoms with Crippen LogP contribution in [0.3, 0.4) is 0 Å². The van der Waals surface area contributed by atoms with Crippen molar-refractivity contribution < 1.29 is 24.0 Å². The second-order valence-electron chi connectivity index (χ2n) is 11.9. The van der Waals surface area contributed by atoms with Gasteiger partial charge in [-0.25, -0.2) is 0 Å². The van der Waals surface area contributed by atoms with E-state index in [0.29, 0.717) is 30.5 Å². The minimum absolute atomic E-state index is 0.0231. The Morgan fingerprint density at radius 3 is 1.56 bits per heavy atom. The van der Waals surface area contributed by atoms with Crippen LogP contribution in [0, 0.1) is 32.6 Å². The summed E-state index contributed by atoms with van der Waals surface area (Å²) in [6.45, 7) is 35.5. The van der Waals surface area contributed by atoms with E-state index in [1.165, 1.54) is 35.8 Å². The molecule has 9 heteroatoms. The topological polar surface area (TPSA) is 127 Å². The van der Waals surface area contributed by atoms with Crippen molar-refractivity contribution in [3.63, 3.8) is 0 Å². The Labute approximate surface area is 355 Å². The van der Waals surface area contributed by atoms with Crippen LogP contribution in [-0.2, 0) is 24.0 Å². The number of allylic oxidation sites excluding steroid dienone is 2. The van der Waals surface area contributed by atoms with Gasteiger partial charge in [0.15, 0.2) is 5.78 Å². The summed E-state index contributed by atoms with van der Waals surface area (Å²) in [5.41, 5.74) is 9.47. The molecule has 326 valence electrons. The highest BCUT2D eigenvalue weighted by Gasteiger charge is 2.32. The fourth-order valence-corrected chi connectivity index (χ4v) is 4.25. The van der Waals surface area contributed by atoms with Gasteiger partial charge in [-0.05, 0) is 65.5 Å². The summed E-state index contributed by atoms with van der Waals surface area (Å²) in [5, 5.41) is 2.51. The van der Waals surface area contributed by atoms with Crippen molar-refractivity contribution in [3.8, 4) is 0 Å². The van der Waals surface area contributed by atoms with Crippen LogP contribution >= 0.6 is 12.2 Å². The van der Waals surface area contributed by atoms with Crippen LogP contribution in [0.15, 0.2) is 78.5 Å². The molecule has 0 spiro atoms. The molecule has 3 rings (SSSR count). The zero-order valence-electron chi connectivity index (χ0n) is 39.2. The number of amides is 2. The van der Waals surface area contributed by atoms with Crippen molar-refractivity contribution in [2.75, 3.05) is 6.54 Å². The fourth-order valence-electron chi connectivity index (χ4n) is 4.12. The van der Waals surface area contributed by atoms with Gasteiger partial charge in [0.25, 0.3) is 5.91 Å². The number of carbonyl (C=O) groups excluding carboxylic acids is 5. The van der Waals surface area contributed by atoms with Crippen molar-refractivity contribution in [3.05, 3.63) is 95.2 Å². The predicted octanol–water partition coefficient (Wildman–Crippen LogP) is 11.3. The molecule has 2 aromatic rings. The van der Waals surface area contributed by atoms with Crippen LogP contribution in [0.25, 0.3) is 0 Å². The average molecular weight is 814 g/mol. The number of ketones is 1. The van der Waals surface area contributed by atoms with E-state index in [9.17, 15) is 24.0 Å². The Bertz CT molecular complexity index is 1320. The summed E-state index contributed by atoms with van der Waals surface area (Å²) < 4.78 is 0. The van der Waals surface area contributed by atoms with E-state index in [4.69, 9.17) is 18.0 Å². The normalized spacial score (nSPS) is 13.7. The predicted molar refractivity (Wildman–Crippen MR) is 252 cm³/mol. The number of hydrogen-bond donors (Lipinski definition) is 2. The lowest BCUT2D eigenvalue weighted by Crippen LogP contribution is -2.41. The first-order chi connectivity index (χ1) is 27.1. The van der Waals surface area contributed by atoms with E-state index >= 15 is 0 Å². The first-order valence-corrected chi connectivity index (χ1v) is 21.3. The lowest BCUT2D eigenvalue weighted by Gasteiger charge is -2.21. The second-order valence-corrected chi connectivity index (χ2v) is 12.5. The average Bonchev–Trinajstić information content (AvgIpc) is 3.65.